The lowest BCUT2D eigenvalue weighted by Crippen LogP contribution is -2.43. The minimum Gasteiger partial charge on any atom is -0.480 e. The summed E-state index contributed by atoms with van der Waals surface area (Å²) >= 11 is 5.71. The van der Waals surface area contributed by atoms with Gasteiger partial charge in [0.2, 0.25) is 0 Å². The molecule has 0 aliphatic rings. The van der Waals surface area contributed by atoms with E-state index in [0.717, 1.165) is 0 Å². The minimum absolute atomic E-state index is 0.146. The van der Waals surface area contributed by atoms with Crippen molar-refractivity contribution in [3.8, 4) is 0 Å². The maximum absolute atomic E-state index is 11.3. The van der Waals surface area contributed by atoms with Crippen molar-refractivity contribution in [3.05, 3.63) is 33.3 Å². The van der Waals surface area contributed by atoms with E-state index in [9.17, 15) is 20.0 Å². The first-order chi connectivity index (χ1) is 8.80. The van der Waals surface area contributed by atoms with E-state index in [-0.39, 0.29) is 16.4 Å². The van der Waals surface area contributed by atoms with E-state index in [1.165, 1.54) is 25.1 Å². The van der Waals surface area contributed by atoms with Crippen LogP contribution >= 0.6 is 11.6 Å². The van der Waals surface area contributed by atoms with Crippen LogP contribution < -0.4 is 5.32 Å². The van der Waals surface area contributed by atoms with Gasteiger partial charge in [0.15, 0.2) is 0 Å². The van der Waals surface area contributed by atoms with Crippen molar-refractivity contribution in [2.45, 2.75) is 32.2 Å². The summed E-state index contributed by atoms with van der Waals surface area (Å²) in [4.78, 5) is 21.7. The Morgan fingerprint density at radius 1 is 1.58 bits per heavy atom. The molecule has 0 aliphatic heterocycles. The van der Waals surface area contributed by atoms with E-state index in [0.29, 0.717) is 12.8 Å². The van der Waals surface area contributed by atoms with Crippen molar-refractivity contribution in [1.82, 2.24) is 0 Å². The SMILES string of the molecule is CCCC(C)(Nc1ccc(Cl)cc1[N+](=O)[O-])C(=O)O. The largest absolute Gasteiger partial charge is 0.480 e. The second kappa shape index (κ2) is 5.88. The normalized spacial score (nSPS) is 13.6. The molecule has 1 rings (SSSR count). The molecule has 0 aliphatic carbocycles. The van der Waals surface area contributed by atoms with Gasteiger partial charge in [-0.3, -0.25) is 10.1 Å². The topological polar surface area (TPSA) is 92.5 Å². The molecule has 6 nitrogen and oxygen atoms in total. The molecule has 2 N–H and O–H groups in total. The first-order valence-corrected chi connectivity index (χ1v) is 6.13. The lowest BCUT2D eigenvalue weighted by molar-refractivity contribution is -0.384. The number of halogens is 1. The highest BCUT2D eigenvalue weighted by molar-refractivity contribution is 6.30. The molecule has 19 heavy (non-hydrogen) atoms. The third kappa shape index (κ3) is 3.57. The van der Waals surface area contributed by atoms with Crippen LogP contribution in [0.3, 0.4) is 0 Å². The lowest BCUT2D eigenvalue weighted by Gasteiger charge is -2.26. The van der Waals surface area contributed by atoms with Crippen LogP contribution in [0.5, 0.6) is 0 Å². The zero-order chi connectivity index (χ0) is 14.6. The molecule has 0 radical (unpaired) electrons. The van der Waals surface area contributed by atoms with Gasteiger partial charge < -0.3 is 10.4 Å². The third-order valence-electron chi connectivity index (χ3n) is 2.79. The smallest absolute Gasteiger partial charge is 0.329 e. The zero-order valence-corrected chi connectivity index (χ0v) is 11.4. The Kier molecular flexibility index (Phi) is 4.72. The molecule has 0 amide bonds. The maximum Gasteiger partial charge on any atom is 0.329 e. The summed E-state index contributed by atoms with van der Waals surface area (Å²) in [5.74, 6) is -1.06. The second-order valence-corrected chi connectivity index (χ2v) is 4.87. The number of carbonyl (C=O) groups is 1. The molecule has 1 unspecified atom stereocenters. The summed E-state index contributed by atoms with van der Waals surface area (Å²) in [7, 11) is 0. The summed E-state index contributed by atoms with van der Waals surface area (Å²) in [6, 6.07) is 4.08. The number of nitrogens with one attached hydrogen (secondary N) is 1. The van der Waals surface area contributed by atoms with Crippen LogP contribution in [-0.4, -0.2) is 21.5 Å². The van der Waals surface area contributed by atoms with Gasteiger partial charge in [-0.25, -0.2) is 4.79 Å². The Bertz CT molecular complexity index is 507. The number of carboxylic acids is 1. The van der Waals surface area contributed by atoms with Crippen molar-refractivity contribution < 1.29 is 14.8 Å². The monoisotopic (exact) mass is 286 g/mol. The molecule has 1 atom stereocenters. The Morgan fingerprint density at radius 2 is 2.21 bits per heavy atom. The van der Waals surface area contributed by atoms with Gasteiger partial charge in [0.05, 0.1) is 4.92 Å². The van der Waals surface area contributed by atoms with Gasteiger partial charge in [-0.15, -0.1) is 0 Å². The number of hydrogen-bond acceptors (Lipinski definition) is 4. The van der Waals surface area contributed by atoms with Crippen molar-refractivity contribution in [1.29, 1.82) is 0 Å². The fourth-order valence-electron chi connectivity index (χ4n) is 1.78. The van der Waals surface area contributed by atoms with E-state index in [1.807, 2.05) is 6.92 Å². The van der Waals surface area contributed by atoms with Crippen LogP contribution in [0.2, 0.25) is 5.02 Å². The van der Waals surface area contributed by atoms with E-state index >= 15 is 0 Å². The second-order valence-electron chi connectivity index (χ2n) is 4.43. The molecule has 0 saturated heterocycles. The highest BCUT2D eigenvalue weighted by atomic mass is 35.5. The summed E-state index contributed by atoms with van der Waals surface area (Å²) in [6.45, 7) is 3.34. The molecular weight excluding hydrogens is 272 g/mol. The third-order valence-corrected chi connectivity index (χ3v) is 3.02. The fourth-order valence-corrected chi connectivity index (χ4v) is 1.95. The van der Waals surface area contributed by atoms with Gasteiger partial charge in [0.25, 0.3) is 5.69 Å². The lowest BCUT2D eigenvalue weighted by atomic mass is 9.95. The summed E-state index contributed by atoms with van der Waals surface area (Å²) in [5.41, 5.74) is -1.35. The van der Waals surface area contributed by atoms with Crippen molar-refractivity contribution >= 4 is 28.9 Å². The molecular formula is C12H15ClN2O4. The highest BCUT2D eigenvalue weighted by Gasteiger charge is 2.33. The van der Waals surface area contributed by atoms with Crippen molar-refractivity contribution in [2.24, 2.45) is 0 Å². The van der Waals surface area contributed by atoms with Gasteiger partial charge >= 0.3 is 5.97 Å². The molecule has 0 saturated carbocycles. The molecule has 1 aromatic rings. The number of hydrogen-bond donors (Lipinski definition) is 2. The number of aliphatic carboxylic acids is 1. The number of nitrogens with zero attached hydrogens (tertiary/aromatic N) is 1. The summed E-state index contributed by atoms with van der Waals surface area (Å²) in [5, 5.41) is 23.2. The summed E-state index contributed by atoms with van der Waals surface area (Å²) in [6.07, 6.45) is 0.985. The Morgan fingerprint density at radius 3 is 2.68 bits per heavy atom. The number of nitro benzene ring substituents is 1. The predicted molar refractivity (Wildman–Crippen MR) is 72.7 cm³/mol. The van der Waals surface area contributed by atoms with Gasteiger partial charge in [-0.2, -0.15) is 0 Å². The van der Waals surface area contributed by atoms with Crippen LogP contribution in [0.25, 0.3) is 0 Å². The molecule has 0 bridgehead atoms. The quantitative estimate of drug-likeness (QED) is 0.618. The molecule has 0 fully saturated rings. The maximum atomic E-state index is 11.3. The van der Waals surface area contributed by atoms with Crippen LogP contribution in [0, 0.1) is 10.1 Å². The Hall–Kier alpha value is -1.82. The number of nitro groups is 1. The zero-order valence-electron chi connectivity index (χ0n) is 10.6. The molecule has 104 valence electrons. The standard InChI is InChI=1S/C12H15ClN2O4/c1-3-6-12(2,11(16)17)14-9-5-4-8(13)7-10(9)15(18)19/h4-5,7,14H,3,6H2,1-2H3,(H,16,17). The Balaban J connectivity index is 3.16. The van der Waals surface area contributed by atoms with E-state index in [1.54, 1.807) is 0 Å². The molecule has 1 aromatic carbocycles. The molecule has 0 spiro atoms. The van der Waals surface area contributed by atoms with Crippen LogP contribution in [0.1, 0.15) is 26.7 Å². The van der Waals surface area contributed by atoms with E-state index in [2.05, 4.69) is 5.32 Å². The van der Waals surface area contributed by atoms with Gasteiger partial charge in [-0.1, -0.05) is 24.9 Å². The Labute approximate surface area is 115 Å². The number of rotatable bonds is 6. The predicted octanol–water partition coefficient (Wildman–Crippen LogP) is 3.30. The van der Waals surface area contributed by atoms with Gasteiger partial charge in [-0.05, 0) is 25.5 Å². The average molecular weight is 287 g/mol. The van der Waals surface area contributed by atoms with Crippen LogP contribution in [0.4, 0.5) is 11.4 Å². The van der Waals surface area contributed by atoms with Crippen LogP contribution in [0.15, 0.2) is 18.2 Å². The molecule has 7 heteroatoms. The minimum atomic E-state index is -1.26. The van der Waals surface area contributed by atoms with E-state index < -0.39 is 16.4 Å². The van der Waals surface area contributed by atoms with Crippen molar-refractivity contribution in [2.75, 3.05) is 5.32 Å². The van der Waals surface area contributed by atoms with Crippen molar-refractivity contribution in [3.63, 3.8) is 0 Å². The van der Waals surface area contributed by atoms with Crippen LogP contribution in [-0.2, 0) is 4.79 Å². The van der Waals surface area contributed by atoms with Gasteiger partial charge in [0.1, 0.15) is 11.2 Å². The number of carboxylic acid groups (broad SMARTS) is 1. The van der Waals surface area contributed by atoms with Gasteiger partial charge in [0, 0.05) is 11.1 Å². The first-order valence-electron chi connectivity index (χ1n) is 5.75. The molecule has 0 aromatic heterocycles. The number of benzene rings is 1. The first kappa shape index (κ1) is 15.2. The highest BCUT2D eigenvalue weighted by Crippen LogP contribution is 2.31. The number of anilines is 1. The molecule has 0 heterocycles. The summed E-state index contributed by atoms with van der Waals surface area (Å²) < 4.78 is 0. The average Bonchev–Trinajstić information content (AvgIpc) is 2.31. The fraction of sp³-hybridized carbons (Fsp3) is 0.417. The van der Waals surface area contributed by atoms with E-state index in [4.69, 9.17) is 11.6 Å².